The van der Waals surface area contributed by atoms with Gasteiger partial charge in [-0.3, -0.25) is 9.69 Å². The first-order chi connectivity index (χ1) is 12.0. The molecule has 25 heavy (non-hydrogen) atoms. The summed E-state index contributed by atoms with van der Waals surface area (Å²) in [6.45, 7) is 1.92. The Kier molecular flexibility index (Phi) is 4.35. The van der Waals surface area contributed by atoms with Crippen LogP contribution in [0, 0.1) is 0 Å². The number of benzene rings is 2. The Hall–Kier alpha value is -3.02. The van der Waals surface area contributed by atoms with E-state index in [2.05, 4.69) is 5.32 Å². The minimum Gasteiger partial charge on any atom is -0.493 e. The first kappa shape index (κ1) is 16.8. The average molecular weight is 340 g/mol. The van der Waals surface area contributed by atoms with E-state index in [1.165, 1.54) is 12.0 Å². The monoisotopic (exact) mass is 340 g/mol. The minimum absolute atomic E-state index is 0.231. The molecule has 1 N–H and O–H groups in total. The molecule has 0 aromatic heterocycles. The SMILES string of the molecule is COc1ccc([C@]2(C)NC(=O)N(Cc3ccccc3)C2=O)cc1OC. The minimum atomic E-state index is -1.15. The zero-order chi connectivity index (χ0) is 18.0. The smallest absolute Gasteiger partial charge is 0.325 e. The first-order valence-corrected chi connectivity index (χ1v) is 7.90. The van der Waals surface area contributed by atoms with Crippen LogP contribution in [-0.2, 0) is 16.9 Å². The van der Waals surface area contributed by atoms with E-state index in [0.29, 0.717) is 17.1 Å². The molecule has 6 nitrogen and oxygen atoms in total. The van der Waals surface area contributed by atoms with Crippen molar-refractivity contribution in [2.75, 3.05) is 14.2 Å². The van der Waals surface area contributed by atoms with Gasteiger partial charge in [-0.15, -0.1) is 0 Å². The van der Waals surface area contributed by atoms with Crippen LogP contribution < -0.4 is 14.8 Å². The Balaban J connectivity index is 1.92. The number of hydrogen-bond donors (Lipinski definition) is 1. The first-order valence-electron chi connectivity index (χ1n) is 7.90. The summed E-state index contributed by atoms with van der Waals surface area (Å²) < 4.78 is 10.5. The Morgan fingerprint density at radius 3 is 2.32 bits per heavy atom. The van der Waals surface area contributed by atoms with Gasteiger partial charge in [-0.05, 0) is 30.2 Å². The lowest BCUT2D eigenvalue weighted by Gasteiger charge is -2.23. The maximum atomic E-state index is 13.0. The fraction of sp³-hybridized carbons (Fsp3) is 0.263. The molecule has 0 spiro atoms. The Labute approximate surface area is 146 Å². The van der Waals surface area contributed by atoms with Gasteiger partial charge in [0.05, 0.1) is 20.8 Å². The van der Waals surface area contributed by atoms with Crippen molar-refractivity contribution >= 4 is 11.9 Å². The molecule has 1 aliphatic rings. The number of carbonyl (C=O) groups excluding carboxylic acids is 2. The number of imide groups is 1. The highest BCUT2D eigenvalue weighted by atomic mass is 16.5. The summed E-state index contributed by atoms with van der Waals surface area (Å²) in [6, 6.07) is 14.2. The van der Waals surface area contributed by atoms with Gasteiger partial charge in [0, 0.05) is 0 Å². The second-order valence-corrected chi connectivity index (χ2v) is 6.00. The summed E-state index contributed by atoms with van der Waals surface area (Å²) in [5, 5.41) is 2.80. The van der Waals surface area contributed by atoms with Crippen molar-refractivity contribution in [3.63, 3.8) is 0 Å². The molecule has 2 aromatic carbocycles. The van der Waals surface area contributed by atoms with Crippen molar-refractivity contribution in [3.8, 4) is 11.5 Å². The average Bonchev–Trinajstić information content (AvgIpc) is 2.86. The topological polar surface area (TPSA) is 67.9 Å². The van der Waals surface area contributed by atoms with Crippen molar-refractivity contribution in [1.82, 2.24) is 10.2 Å². The van der Waals surface area contributed by atoms with Gasteiger partial charge in [0.2, 0.25) is 0 Å². The van der Waals surface area contributed by atoms with Gasteiger partial charge in [-0.2, -0.15) is 0 Å². The third-order valence-corrected chi connectivity index (χ3v) is 4.42. The number of urea groups is 1. The van der Waals surface area contributed by atoms with Crippen LogP contribution in [0.25, 0.3) is 0 Å². The summed E-state index contributed by atoms with van der Waals surface area (Å²) >= 11 is 0. The van der Waals surface area contributed by atoms with Gasteiger partial charge in [-0.1, -0.05) is 36.4 Å². The lowest BCUT2D eigenvalue weighted by atomic mass is 9.91. The molecule has 0 unspecified atom stereocenters. The van der Waals surface area contributed by atoms with E-state index in [4.69, 9.17) is 9.47 Å². The molecule has 1 fully saturated rings. The molecular formula is C19H20N2O4. The number of rotatable bonds is 5. The van der Waals surface area contributed by atoms with E-state index < -0.39 is 11.6 Å². The normalized spacial score (nSPS) is 19.7. The van der Waals surface area contributed by atoms with Crippen LogP contribution in [-0.4, -0.2) is 31.1 Å². The van der Waals surface area contributed by atoms with Crippen molar-refractivity contribution in [2.45, 2.75) is 19.0 Å². The molecule has 130 valence electrons. The molecule has 1 aliphatic heterocycles. The lowest BCUT2D eigenvalue weighted by Crippen LogP contribution is -2.40. The van der Waals surface area contributed by atoms with Gasteiger partial charge in [-0.25, -0.2) is 4.79 Å². The summed E-state index contributed by atoms with van der Waals surface area (Å²) in [6.07, 6.45) is 0. The van der Waals surface area contributed by atoms with Gasteiger partial charge in [0.15, 0.2) is 11.5 Å². The highest BCUT2D eigenvalue weighted by Gasteiger charge is 2.49. The van der Waals surface area contributed by atoms with Gasteiger partial charge >= 0.3 is 6.03 Å². The predicted molar refractivity (Wildman–Crippen MR) is 92.4 cm³/mol. The number of amides is 3. The summed E-state index contributed by atoms with van der Waals surface area (Å²) in [5.74, 6) is 0.770. The van der Waals surface area contributed by atoms with Crippen molar-refractivity contribution in [1.29, 1.82) is 0 Å². The fourth-order valence-corrected chi connectivity index (χ4v) is 2.95. The Morgan fingerprint density at radius 1 is 1.00 bits per heavy atom. The summed E-state index contributed by atoms with van der Waals surface area (Å²) in [5.41, 5.74) is 0.382. The van der Waals surface area contributed by atoms with E-state index in [1.54, 1.807) is 32.2 Å². The molecule has 6 heteroatoms. The van der Waals surface area contributed by atoms with Crippen LogP contribution in [0.1, 0.15) is 18.1 Å². The largest absolute Gasteiger partial charge is 0.493 e. The van der Waals surface area contributed by atoms with Crippen LogP contribution in [0.15, 0.2) is 48.5 Å². The highest BCUT2D eigenvalue weighted by Crippen LogP contribution is 2.35. The summed E-state index contributed by atoms with van der Waals surface area (Å²) in [7, 11) is 3.07. The van der Waals surface area contributed by atoms with Crippen molar-refractivity contribution in [2.24, 2.45) is 0 Å². The van der Waals surface area contributed by atoms with E-state index >= 15 is 0 Å². The third kappa shape index (κ3) is 2.91. The van der Waals surface area contributed by atoms with Crippen LogP contribution >= 0.6 is 0 Å². The van der Waals surface area contributed by atoms with Gasteiger partial charge < -0.3 is 14.8 Å². The van der Waals surface area contributed by atoms with Crippen LogP contribution in [0.2, 0.25) is 0 Å². The predicted octanol–water partition coefficient (Wildman–Crippen LogP) is 2.67. The standard InChI is InChI=1S/C19H20N2O4/c1-19(14-9-10-15(24-2)16(11-14)25-3)17(22)21(18(23)20-19)12-13-7-5-4-6-8-13/h4-11H,12H2,1-3H3,(H,20,23)/t19-/m0/s1. The molecule has 0 aliphatic carbocycles. The van der Waals surface area contributed by atoms with Crippen molar-refractivity contribution < 1.29 is 19.1 Å². The molecule has 1 heterocycles. The fourth-order valence-electron chi connectivity index (χ4n) is 2.95. The van der Waals surface area contributed by atoms with Crippen molar-refractivity contribution in [3.05, 3.63) is 59.7 Å². The Morgan fingerprint density at radius 2 is 1.68 bits per heavy atom. The zero-order valence-electron chi connectivity index (χ0n) is 14.4. The van der Waals surface area contributed by atoms with E-state index in [9.17, 15) is 9.59 Å². The van der Waals surface area contributed by atoms with Crippen LogP contribution in [0.4, 0.5) is 4.79 Å². The maximum absolute atomic E-state index is 13.0. The number of carbonyl (C=O) groups is 2. The van der Waals surface area contributed by atoms with Gasteiger partial charge in [0.1, 0.15) is 5.54 Å². The summed E-state index contributed by atoms with van der Waals surface area (Å²) in [4.78, 5) is 26.6. The molecule has 3 rings (SSSR count). The highest BCUT2D eigenvalue weighted by molar-refractivity contribution is 6.07. The van der Waals surface area contributed by atoms with Crippen LogP contribution in [0.5, 0.6) is 11.5 Å². The maximum Gasteiger partial charge on any atom is 0.325 e. The molecule has 0 saturated carbocycles. The molecule has 0 radical (unpaired) electrons. The quantitative estimate of drug-likeness (QED) is 0.850. The number of ether oxygens (including phenoxy) is 2. The van der Waals surface area contributed by atoms with E-state index in [1.807, 2.05) is 30.3 Å². The number of nitrogens with zero attached hydrogens (tertiary/aromatic N) is 1. The lowest BCUT2D eigenvalue weighted by molar-refractivity contribution is -0.131. The molecule has 1 saturated heterocycles. The number of hydrogen-bond acceptors (Lipinski definition) is 4. The second kappa shape index (κ2) is 6.47. The Bertz CT molecular complexity index is 806. The second-order valence-electron chi connectivity index (χ2n) is 6.00. The molecular weight excluding hydrogens is 320 g/mol. The van der Waals surface area contributed by atoms with E-state index in [0.717, 1.165) is 5.56 Å². The molecule has 2 aromatic rings. The zero-order valence-corrected chi connectivity index (χ0v) is 14.4. The van der Waals surface area contributed by atoms with E-state index in [-0.39, 0.29) is 12.5 Å². The van der Waals surface area contributed by atoms with Crippen LogP contribution in [0.3, 0.4) is 0 Å². The molecule has 3 amide bonds. The number of methoxy groups -OCH3 is 2. The molecule has 1 atom stereocenters. The molecule has 0 bridgehead atoms. The van der Waals surface area contributed by atoms with Gasteiger partial charge in [0.25, 0.3) is 5.91 Å². The number of nitrogens with one attached hydrogen (secondary N) is 1. The third-order valence-electron chi connectivity index (χ3n) is 4.42.